The average Bonchev–Trinajstić information content (AvgIpc) is 2.84. The number of rotatable bonds is 5. The molecule has 1 fully saturated rings. The molecule has 1 aromatic heterocycles. The second-order valence-electron chi connectivity index (χ2n) is 7.19. The van der Waals surface area contributed by atoms with E-state index in [9.17, 15) is 9.90 Å². The number of likely N-dealkylation sites (tertiary alicyclic amines) is 1. The molecule has 0 saturated carbocycles. The molecule has 0 spiro atoms. The molecule has 3 rings (SSSR count). The molecule has 1 N–H and O–H groups in total. The molecule has 4 nitrogen and oxygen atoms in total. The van der Waals surface area contributed by atoms with Gasteiger partial charge in [-0.25, -0.2) is 0 Å². The first-order valence-corrected chi connectivity index (χ1v) is 8.50. The Morgan fingerprint density at radius 2 is 1.91 bits per heavy atom. The zero-order valence-corrected chi connectivity index (χ0v) is 14.0. The van der Waals surface area contributed by atoms with Gasteiger partial charge in [-0.1, -0.05) is 32.0 Å². The number of carbonyl (C=O) groups is 1. The average molecular weight is 314 g/mol. The number of para-hydroxylation sites is 1. The van der Waals surface area contributed by atoms with Crippen LogP contribution in [0.1, 0.15) is 30.6 Å². The van der Waals surface area contributed by atoms with Gasteiger partial charge in [0, 0.05) is 48.8 Å². The number of benzene rings is 1. The van der Waals surface area contributed by atoms with E-state index >= 15 is 0 Å². The fraction of sp³-hybridized carbons (Fsp3) is 0.526. The summed E-state index contributed by atoms with van der Waals surface area (Å²) >= 11 is 0. The van der Waals surface area contributed by atoms with Crippen molar-refractivity contribution in [2.75, 3.05) is 19.6 Å². The number of fused-ring (bicyclic) bond motifs is 1. The van der Waals surface area contributed by atoms with Crippen LogP contribution in [-0.4, -0.2) is 46.6 Å². The maximum absolute atomic E-state index is 11.2. The minimum atomic E-state index is -0.428. The Labute approximate surface area is 137 Å². The molecule has 0 amide bonds. The Balaban J connectivity index is 1.70. The van der Waals surface area contributed by atoms with Gasteiger partial charge in [-0.2, -0.15) is 0 Å². The second-order valence-corrected chi connectivity index (χ2v) is 7.19. The molecular formula is C19H26N2O2. The molecule has 1 saturated heterocycles. The van der Waals surface area contributed by atoms with Crippen LogP contribution < -0.4 is 0 Å². The van der Waals surface area contributed by atoms with E-state index in [0.717, 1.165) is 30.3 Å². The van der Waals surface area contributed by atoms with Crippen LogP contribution in [0.3, 0.4) is 0 Å². The van der Waals surface area contributed by atoms with Crippen molar-refractivity contribution in [1.82, 2.24) is 9.47 Å². The molecule has 1 aromatic carbocycles. The number of aliphatic hydroxyl groups is 1. The molecule has 0 aliphatic carbocycles. The van der Waals surface area contributed by atoms with E-state index in [1.165, 1.54) is 6.42 Å². The Hall–Kier alpha value is -1.65. The summed E-state index contributed by atoms with van der Waals surface area (Å²) < 4.78 is 2.00. The third-order valence-corrected chi connectivity index (χ3v) is 4.77. The minimum Gasteiger partial charge on any atom is -0.390 e. The van der Waals surface area contributed by atoms with Crippen molar-refractivity contribution in [3.8, 4) is 0 Å². The van der Waals surface area contributed by atoms with Crippen LogP contribution in [0.4, 0.5) is 0 Å². The lowest BCUT2D eigenvalue weighted by atomic mass is 9.92. The number of nitrogens with zero attached hydrogens (tertiary/aromatic N) is 2. The Bertz CT molecular complexity index is 669. The summed E-state index contributed by atoms with van der Waals surface area (Å²) in [5.74, 6) is 1.39. The van der Waals surface area contributed by atoms with Crippen molar-refractivity contribution >= 4 is 17.2 Å². The fourth-order valence-corrected chi connectivity index (χ4v) is 4.04. The van der Waals surface area contributed by atoms with Gasteiger partial charge < -0.3 is 14.6 Å². The van der Waals surface area contributed by atoms with Gasteiger partial charge in [0.15, 0.2) is 6.29 Å². The summed E-state index contributed by atoms with van der Waals surface area (Å²) in [6.07, 6.45) is 3.59. The first-order valence-electron chi connectivity index (χ1n) is 8.50. The highest BCUT2D eigenvalue weighted by molar-refractivity contribution is 5.97. The number of aldehydes is 1. The first-order chi connectivity index (χ1) is 11.1. The lowest BCUT2D eigenvalue weighted by molar-refractivity contribution is 0.0620. The van der Waals surface area contributed by atoms with E-state index < -0.39 is 6.10 Å². The van der Waals surface area contributed by atoms with Gasteiger partial charge in [0.1, 0.15) is 0 Å². The van der Waals surface area contributed by atoms with Gasteiger partial charge in [0.05, 0.1) is 6.10 Å². The minimum absolute atomic E-state index is 0.428. The van der Waals surface area contributed by atoms with Gasteiger partial charge in [-0.3, -0.25) is 4.79 Å². The van der Waals surface area contributed by atoms with Crippen LogP contribution in [0, 0.1) is 11.8 Å². The van der Waals surface area contributed by atoms with Gasteiger partial charge in [0.2, 0.25) is 0 Å². The highest BCUT2D eigenvalue weighted by Crippen LogP contribution is 2.22. The van der Waals surface area contributed by atoms with E-state index in [1.54, 1.807) is 0 Å². The fourth-order valence-electron chi connectivity index (χ4n) is 4.04. The molecule has 2 aromatic rings. The molecule has 3 atom stereocenters. The van der Waals surface area contributed by atoms with Crippen molar-refractivity contribution in [1.29, 1.82) is 0 Å². The largest absolute Gasteiger partial charge is 0.390 e. The molecule has 1 aliphatic rings. The zero-order chi connectivity index (χ0) is 16.4. The summed E-state index contributed by atoms with van der Waals surface area (Å²) in [6.45, 7) is 7.90. The number of carbonyl (C=O) groups excluding carboxylic acids is 1. The molecule has 124 valence electrons. The van der Waals surface area contributed by atoms with Crippen LogP contribution >= 0.6 is 0 Å². The molecule has 0 unspecified atom stereocenters. The number of hydrogen-bond donors (Lipinski definition) is 1. The summed E-state index contributed by atoms with van der Waals surface area (Å²) in [7, 11) is 0. The van der Waals surface area contributed by atoms with Crippen molar-refractivity contribution in [2.24, 2.45) is 11.8 Å². The molecule has 23 heavy (non-hydrogen) atoms. The monoisotopic (exact) mass is 314 g/mol. The Morgan fingerprint density at radius 1 is 1.22 bits per heavy atom. The molecule has 1 aliphatic heterocycles. The van der Waals surface area contributed by atoms with Crippen molar-refractivity contribution in [3.63, 3.8) is 0 Å². The zero-order valence-electron chi connectivity index (χ0n) is 14.0. The third kappa shape index (κ3) is 3.65. The first kappa shape index (κ1) is 16.2. The van der Waals surface area contributed by atoms with Crippen LogP contribution in [0.5, 0.6) is 0 Å². The summed E-state index contributed by atoms with van der Waals surface area (Å²) in [4.78, 5) is 13.6. The van der Waals surface area contributed by atoms with Gasteiger partial charge >= 0.3 is 0 Å². The Morgan fingerprint density at radius 3 is 2.61 bits per heavy atom. The number of piperidine rings is 1. The molecule has 4 heteroatoms. The van der Waals surface area contributed by atoms with Gasteiger partial charge in [0.25, 0.3) is 0 Å². The number of aliphatic hydroxyl groups excluding tert-OH is 1. The molecular weight excluding hydrogens is 288 g/mol. The van der Waals surface area contributed by atoms with Crippen LogP contribution in [0.25, 0.3) is 10.9 Å². The highest BCUT2D eigenvalue weighted by Gasteiger charge is 2.23. The predicted molar refractivity (Wildman–Crippen MR) is 92.7 cm³/mol. The molecule has 0 bridgehead atoms. The van der Waals surface area contributed by atoms with Gasteiger partial charge in [-0.15, -0.1) is 0 Å². The SMILES string of the molecule is C[C@@H]1C[C@@H](C)CN(C[C@@H](O)Cn2cc(C=O)c3ccccc32)C1. The smallest absolute Gasteiger partial charge is 0.152 e. The maximum atomic E-state index is 11.2. The third-order valence-electron chi connectivity index (χ3n) is 4.77. The van der Waals surface area contributed by atoms with Crippen molar-refractivity contribution in [3.05, 3.63) is 36.0 Å². The van der Waals surface area contributed by atoms with E-state index in [0.29, 0.717) is 30.5 Å². The predicted octanol–water partition coefficient (Wildman–Crippen LogP) is 2.79. The van der Waals surface area contributed by atoms with Crippen LogP contribution in [-0.2, 0) is 6.54 Å². The number of aromatic nitrogens is 1. The lowest BCUT2D eigenvalue weighted by Gasteiger charge is -2.36. The highest BCUT2D eigenvalue weighted by atomic mass is 16.3. The van der Waals surface area contributed by atoms with Crippen LogP contribution in [0.2, 0.25) is 0 Å². The lowest BCUT2D eigenvalue weighted by Crippen LogP contribution is -2.43. The second kappa shape index (κ2) is 6.85. The summed E-state index contributed by atoms with van der Waals surface area (Å²) in [6, 6.07) is 7.86. The van der Waals surface area contributed by atoms with E-state index in [4.69, 9.17) is 0 Å². The van der Waals surface area contributed by atoms with Crippen molar-refractivity contribution in [2.45, 2.75) is 32.9 Å². The van der Waals surface area contributed by atoms with Gasteiger partial charge in [-0.05, 0) is 24.3 Å². The Kier molecular flexibility index (Phi) is 4.83. The van der Waals surface area contributed by atoms with E-state index in [-0.39, 0.29) is 0 Å². The quantitative estimate of drug-likeness (QED) is 0.863. The molecule has 2 heterocycles. The van der Waals surface area contributed by atoms with Crippen molar-refractivity contribution < 1.29 is 9.90 Å². The maximum Gasteiger partial charge on any atom is 0.152 e. The summed E-state index contributed by atoms with van der Waals surface area (Å²) in [5, 5.41) is 11.5. The van der Waals surface area contributed by atoms with Crippen LogP contribution in [0.15, 0.2) is 30.5 Å². The number of hydrogen-bond acceptors (Lipinski definition) is 3. The van der Waals surface area contributed by atoms with E-state index in [2.05, 4.69) is 18.7 Å². The number of β-amino-alcohol motifs (C(OH)–C–C–N with tert-alkyl or cyclic N) is 1. The molecule has 0 radical (unpaired) electrons. The normalized spacial score (nSPS) is 24.0. The summed E-state index contributed by atoms with van der Waals surface area (Å²) in [5.41, 5.74) is 1.70. The topological polar surface area (TPSA) is 45.5 Å². The van der Waals surface area contributed by atoms with E-state index in [1.807, 2.05) is 35.0 Å². The standard InChI is InChI=1S/C19H26N2O2/c1-14-7-15(2)9-20(8-14)11-17(23)12-21-10-16(13-22)18-5-3-4-6-19(18)21/h3-6,10,13-15,17,23H,7-9,11-12H2,1-2H3/t14-,15-,17-/m1/s1.